The van der Waals surface area contributed by atoms with E-state index in [0.29, 0.717) is 48.0 Å². The van der Waals surface area contributed by atoms with Crippen LogP contribution in [0.3, 0.4) is 0 Å². The first-order chi connectivity index (χ1) is 18.9. The van der Waals surface area contributed by atoms with E-state index in [4.69, 9.17) is 0 Å². The molecule has 40 heavy (non-hydrogen) atoms. The predicted molar refractivity (Wildman–Crippen MR) is 161 cm³/mol. The third kappa shape index (κ3) is 5.49. The van der Waals surface area contributed by atoms with Crippen molar-refractivity contribution in [1.82, 2.24) is 9.62 Å². The molecule has 5 rings (SSSR count). The Balaban J connectivity index is 1.20. The van der Waals surface area contributed by atoms with E-state index >= 15 is 0 Å². The number of urea groups is 1. The first-order valence-electron chi connectivity index (χ1n) is 16.9. The third-order valence-electron chi connectivity index (χ3n) is 13.6. The van der Waals surface area contributed by atoms with Gasteiger partial charge < -0.3 is 10.0 Å². The monoisotopic (exact) mass is 578 g/mol. The second kappa shape index (κ2) is 11.7. The van der Waals surface area contributed by atoms with Crippen LogP contribution in [0.25, 0.3) is 0 Å². The molecule has 5 saturated carbocycles. The fraction of sp³-hybridized carbons (Fsp3) is 0.970. The van der Waals surface area contributed by atoms with Gasteiger partial charge in [-0.05, 0) is 123 Å². The van der Waals surface area contributed by atoms with E-state index in [1.807, 2.05) is 0 Å². The lowest BCUT2D eigenvalue weighted by Gasteiger charge is -2.63. The van der Waals surface area contributed by atoms with Gasteiger partial charge in [-0.1, -0.05) is 53.4 Å². The van der Waals surface area contributed by atoms with Gasteiger partial charge in [0.2, 0.25) is 10.0 Å². The van der Waals surface area contributed by atoms with E-state index in [-0.39, 0.29) is 6.10 Å². The van der Waals surface area contributed by atoms with Crippen molar-refractivity contribution in [2.75, 3.05) is 13.6 Å². The zero-order chi connectivity index (χ0) is 28.9. The van der Waals surface area contributed by atoms with E-state index in [2.05, 4.69) is 32.4 Å². The molecule has 5 fully saturated rings. The number of amides is 2. The second-order valence-corrected chi connectivity index (χ2v) is 17.4. The number of sulfonamides is 1. The van der Waals surface area contributed by atoms with Crippen LogP contribution in [0.4, 0.5) is 4.79 Å². The molecule has 0 heterocycles. The van der Waals surface area contributed by atoms with Crippen molar-refractivity contribution in [3.8, 4) is 0 Å². The fourth-order valence-corrected chi connectivity index (χ4v) is 12.8. The quantitative estimate of drug-likeness (QED) is 0.341. The Bertz CT molecular complexity index is 1010. The van der Waals surface area contributed by atoms with Crippen LogP contribution in [0.2, 0.25) is 0 Å². The first kappa shape index (κ1) is 30.6. The summed E-state index contributed by atoms with van der Waals surface area (Å²) in [5, 5.41) is 10.1. The van der Waals surface area contributed by atoms with Crippen LogP contribution in [0.1, 0.15) is 124 Å². The summed E-state index contributed by atoms with van der Waals surface area (Å²) < 4.78 is 27.9. The molecule has 2 N–H and O–H groups in total. The van der Waals surface area contributed by atoms with Crippen LogP contribution in [0.5, 0.6) is 0 Å². The Morgan fingerprint density at radius 3 is 2.33 bits per heavy atom. The molecule has 0 spiro atoms. The summed E-state index contributed by atoms with van der Waals surface area (Å²) in [5.74, 6) is 5.02. The van der Waals surface area contributed by atoms with Crippen LogP contribution in [-0.4, -0.2) is 49.4 Å². The minimum atomic E-state index is -3.60. The maximum atomic E-state index is 12.8. The highest BCUT2D eigenvalue weighted by Gasteiger charge is 2.62. The highest BCUT2D eigenvalue weighted by Crippen LogP contribution is 2.69. The van der Waals surface area contributed by atoms with E-state index in [1.165, 1.54) is 44.9 Å². The van der Waals surface area contributed by atoms with Crippen LogP contribution in [-0.2, 0) is 10.0 Å². The summed E-state index contributed by atoms with van der Waals surface area (Å²) in [7, 11) is -1.85. The summed E-state index contributed by atoms with van der Waals surface area (Å²) in [4.78, 5) is 14.4. The zero-order valence-corrected chi connectivity index (χ0v) is 26.9. The van der Waals surface area contributed by atoms with E-state index < -0.39 is 21.3 Å². The smallest absolute Gasteiger partial charge is 0.330 e. The van der Waals surface area contributed by atoms with Gasteiger partial charge in [-0.3, -0.25) is 0 Å². The largest absolute Gasteiger partial charge is 0.393 e. The van der Waals surface area contributed by atoms with Crippen molar-refractivity contribution in [2.45, 2.75) is 135 Å². The molecule has 0 aromatic rings. The molecular formula is C33H58N2O4S. The van der Waals surface area contributed by atoms with Crippen molar-refractivity contribution in [3.63, 3.8) is 0 Å². The predicted octanol–water partition coefficient (Wildman–Crippen LogP) is 6.97. The van der Waals surface area contributed by atoms with Gasteiger partial charge in [0.1, 0.15) is 0 Å². The molecule has 0 aromatic carbocycles. The number of hydrogen-bond acceptors (Lipinski definition) is 4. The molecule has 6 nitrogen and oxygen atoms in total. The second-order valence-electron chi connectivity index (χ2n) is 15.4. The highest BCUT2D eigenvalue weighted by atomic mass is 32.2. The normalized spacial score (nSPS) is 42.8. The molecule has 230 valence electrons. The molecule has 0 radical (unpaired) electrons. The summed E-state index contributed by atoms with van der Waals surface area (Å²) in [6.07, 6.45) is 16.1. The molecule has 0 saturated heterocycles. The lowest BCUT2D eigenvalue weighted by atomic mass is 9.42. The van der Waals surface area contributed by atoms with Gasteiger partial charge in [0, 0.05) is 13.6 Å². The highest BCUT2D eigenvalue weighted by molar-refractivity contribution is 7.90. The number of hydrogen-bond donors (Lipinski definition) is 2. The number of nitrogens with zero attached hydrogens (tertiary/aromatic N) is 1. The SMILES string of the molecule is CC[C@H]1C[C@@H]2[C@H](CC[C@]3(C)[C@@H]([C@H](C)CCN(C)C(=O)NS(=O)(=O)C4CCCCC4)CC[C@@H]23)[C@@]2(C)CC[C@@H](O)C[C@@H]12. The Kier molecular flexibility index (Phi) is 8.96. The fourth-order valence-electron chi connectivity index (χ4n) is 11.3. The molecule has 0 bridgehead atoms. The zero-order valence-electron chi connectivity index (χ0n) is 26.0. The van der Waals surface area contributed by atoms with Crippen LogP contribution in [0, 0.1) is 52.3 Å². The molecular weight excluding hydrogens is 520 g/mol. The summed E-state index contributed by atoms with van der Waals surface area (Å²) in [6.45, 7) is 10.5. The van der Waals surface area contributed by atoms with E-state index in [1.54, 1.807) is 11.9 Å². The molecule has 5 aliphatic carbocycles. The van der Waals surface area contributed by atoms with Crippen molar-refractivity contribution in [2.24, 2.45) is 52.3 Å². The van der Waals surface area contributed by atoms with Gasteiger partial charge in [0.05, 0.1) is 11.4 Å². The van der Waals surface area contributed by atoms with Gasteiger partial charge in [0.25, 0.3) is 0 Å². The number of rotatable bonds is 7. The number of carbonyl (C=O) groups excluding carboxylic acids is 1. The minimum absolute atomic E-state index is 0.0955. The van der Waals surface area contributed by atoms with Crippen LogP contribution in [0.15, 0.2) is 0 Å². The topological polar surface area (TPSA) is 86.7 Å². The summed E-state index contributed by atoms with van der Waals surface area (Å²) >= 11 is 0. The van der Waals surface area contributed by atoms with E-state index in [9.17, 15) is 18.3 Å². The standard InChI is InChI=1S/C33H58N2O4S/c1-6-23-20-26-28-13-12-27(32(28,3)18-15-29(26)33(4)17-14-24(36)21-30(23)33)22(2)16-19-35(5)31(37)34-40(38,39)25-10-8-7-9-11-25/h22-30,36H,6-21H2,1-5H3,(H,34,37)/t22-,23+,24-,26+,27-,28+,29+,30+,32-,33-/m1/s1. The summed E-state index contributed by atoms with van der Waals surface area (Å²) in [5.41, 5.74) is 0.753. The third-order valence-corrected chi connectivity index (χ3v) is 15.4. The lowest BCUT2D eigenvalue weighted by Crippen LogP contribution is -2.56. The van der Waals surface area contributed by atoms with Crippen LogP contribution >= 0.6 is 0 Å². The molecule has 5 aliphatic rings. The number of nitrogens with one attached hydrogen (secondary N) is 1. The lowest BCUT2D eigenvalue weighted by molar-refractivity contribution is -0.152. The Morgan fingerprint density at radius 1 is 0.950 bits per heavy atom. The van der Waals surface area contributed by atoms with E-state index in [0.717, 1.165) is 62.2 Å². The van der Waals surface area contributed by atoms with Gasteiger partial charge in [-0.15, -0.1) is 0 Å². The number of carbonyl (C=O) groups is 1. The number of aliphatic hydroxyl groups excluding tert-OH is 1. The molecule has 7 heteroatoms. The Hall–Kier alpha value is -0.820. The minimum Gasteiger partial charge on any atom is -0.393 e. The molecule has 10 atom stereocenters. The number of aliphatic hydroxyl groups is 1. The van der Waals surface area contributed by atoms with Crippen molar-refractivity contribution < 1.29 is 18.3 Å². The van der Waals surface area contributed by atoms with Gasteiger partial charge >= 0.3 is 6.03 Å². The molecule has 0 aliphatic heterocycles. The van der Waals surface area contributed by atoms with Crippen LogP contribution < -0.4 is 4.72 Å². The molecule has 0 aromatic heterocycles. The van der Waals surface area contributed by atoms with Gasteiger partial charge in [-0.25, -0.2) is 17.9 Å². The first-order valence-corrected chi connectivity index (χ1v) is 18.4. The van der Waals surface area contributed by atoms with Crippen molar-refractivity contribution in [1.29, 1.82) is 0 Å². The molecule has 0 unspecified atom stereocenters. The average molecular weight is 579 g/mol. The number of fused-ring (bicyclic) bond motifs is 5. The maximum absolute atomic E-state index is 12.8. The average Bonchev–Trinajstić information content (AvgIpc) is 3.29. The maximum Gasteiger partial charge on any atom is 0.330 e. The summed E-state index contributed by atoms with van der Waals surface area (Å²) in [6, 6.07) is -0.470. The Morgan fingerprint density at radius 2 is 1.62 bits per heavy atom. The van der Waals surface area contributed by atoms with Gasteiger partial charge in [-0.2, -0.15) is 0 Å². The van der Waals surface area contributed by atoms with Crippen molar-refractivity contribution >= 4 is 16.1 Å². The molecule has 2 amide bonds. The Labute approximate surface area is 244 Å². The van der Waals surface area contributed by atoms with Gasteiger partial charge in [0.15, 0.2) is 0 Å². The van der Waals surface area contributed by atoms with Crippen molar-refractivity contribution in [3.05, 3.63) is 0 Å².